The Balaban J connectivity index is 2.13. The molecule has 0 spiro atoms. The molecule has 1 atom stereocenters. The standard InChI is InChI=1S/C16H15F3N2/c17-16(18,19)13-7-3-10-21-15(13)12-6-2-1-5-11(12)14-8-4-9-20-14/h1-3,5-7,10,14,20H,4,8-9H2. The van der Waals surface area contributed by atoms with Crippen LogP contribution in [0.1, 0.15) is 30.0 Å². The summed E-state index contributed by atoms with van der Waals surface area (Å²) in [5.74, 6) is 0. The number of nitrogens with one attached hydrogen (secondary N) is 1. The van der Waals surface area contributed by atoms with Crippen LogP contribution >= 0.6 is 0 Å². The molecule has 1 aliphatic rings. The SMILES string of the molecule is FC(F)(F)c1cccnc1-c1ccccc1C1CCCN1. The van der Waals surface area contributed by atoms with Crippen LogP contribution < -0.4 is 5.32 Å². The number of aromatic nitrogens is 1. The van der Waals surface area contributed by atoms with E-state index in [1.54, 1.807) is 12.1 Å². The molecule has 1 aromatic heterocycles. The lowest BCUT2D eigenvalue weighted by Gasteiger charge is -2.18. The van der Waals surface area contributed by atoms with Crippen molar-refractivity contribution < 1.29 is 13.2 Å². The first-order valence-corrected chi connectivity index (χ1v) is 6.92. The first-order valence-electron chi connectivity index (χ1n) is 6.92. The highest BCUT2D eigenvalue weighted by atomic mass is 19.4. The molecule has 1 saturated heterocycles. The molecule has 0 saturated carbocycles. The molecular formula is C16H15F3N2. The Labute approximate surface area is 121 Å². The summed E-state index contributed by atoms with van der Waals surface area (Å²) in [6, 6.07) is 9.71. The minimum atomic E-state index is -4.40. The van der Waals surface area contributed by atoms with Crippen molar-refractivity contribution in [3.63, 3.8) is 0 Å². The Morgan fingerprint density at radius 3 is 2.62 bits per heavy atom. The first-order chi connectivity index (χ1) is 10.1. The van der Waals surface area contributed by atoms with Gasteiger partial charge in [-0.2, -0.15) is 13.2 Å². The van der Waals surface area contributed by atoms with Crippen LogP contribution in [0.2, 0.25) is 0 Å². The minimum absolute atomic E-state index is 0.00861. The second-order valence-corrected chi connectivity index (χ2v) is 5.13. The monoisotopic (exact) mass is 292 g/mol. The second-order valence-electron chi connectivity index (χ2n) is 5.13. The van der Waals surface area contributed by atoms with E-state index in [2.05, 4.69) is 10.3 Å². The van der Waals surface area contributed by atoms with Crippen LogP contribution in [0.25, 0.3) is 11.3 Å². The van der Waals surface area contributed by atoms with Crippen molar-refractivity contribution in [3.8, 4) is 11.3 Å². The maximum absolute atomic E-state index is 13.2. The van der Waals surface area contributed by atoms with Crippen LogP contribution in [0.3, 0.4) is 0 Å². The van der Waals surface area contributed by atoms with Gasteiger partial charge in [-0.25, -0.2) is 0 Å². The third kappa shape index (κ3) is 2.78. The average Bonchev–Trinajstić information content (AvgIpc) is 3.00. The van der Waals surface area contributed by atoms with E-state index in [1.165, 1.54) is 12.3 Å². The smallest absolute Gasteiger partial charge is 0.310 e. The lowest BCUT2D eigenvalue weighted by molar-refractivity contribution is -0.137. The number of nitrogens with zero attached hydrogens (tertiary/aromatic N) is 1. The van der Waals surface area contributed by atoms with Gasteiger partial charge in [0.2, 0.25) is 0 Å². The number of halogens is 3. The molecule has 1 unspecified atom stereocenters. The summed E-state index contributed by atoms with van der Waals surface area (Å²) >= 11 is 0. The third-order valence-electron chi connectivity index (χ3n) is 3.76. The van der Waals surface area contributed by atoms with Crippen LogP contribution in [0, 0.1) is 0 Å². The molecule has 0 aliphatic carbocycles. The molecule has 1 fully saturated rings. The molecule has 1 aliphatic heterocycles. The minimum Gasteiger partial charge on any atom is -0.310 e. The highest BCUT2D eigenvalue weighted by Gasteiger charge is 2.35. The van der Waals surface area contributed by atoms with Crippen molar-refractivity contribution in [2.24, 2.45) is 0 Å². The predicted molar refractivity (Wildman–Crippen MR) is 74.7 cm³/mol. The van der Waals surface area contributed by atoms with Crippen molar-refractivity contribution in [1.82, 2.24) is 10.3 Å². The Kier molecular flexibility index (Phi) is 3.68. The van der Waals surface area contributed by atoms with Gasteiger partial charge >= 0.3 is 6.18 Å². The first kappa shape index (κ1) is 14.1. The van der Waals surface area contributed by atoms with E-state index in [4.69, 9.17) is 0 Å². The summed E-state index contributed by atoms with van der Waals surface area (Å²) in [7, 11) is 0. The summed E-state index contributed by atoms with van der Waals surface area (Å²) in [6.45, 7) is 0.896. The Morgan fingerprint density at radius 1 is 1.10 bits per heavy atom. The van der Waals surface area contributed by atoms with Gasteiger partial charge in [0.15, 0.2) is 0 Å². The third-order valence-corrected chi connectivity index (χ3v) is 3.76. The van der Waals surface area contributed by atoms with E-state index in [1.807, 2.05) is 12.1 Å². The molecule has 0 radical (unpaired) electrons. The maximum Gasteiger partial charge on any atom is 0.418 e. The summed E-state index contributed by atoms with van der Waals surface area (Å²) < 4.78 is 39.6. The quantitative estimate of drug-likeness (QED) is 0.897. The molecule has 2 heterocycles. The highest BCUT2D eigenvalue weighted by molar-refractivity contribution is 5.68. The zero-order chi connectivity index (χ0) is 14.9. The highest BCUT2D eigenvalue weighted by Crippen LogP contribution is 2.39. The van der Waals surface area contributed by atoms with Crippen molar-refractivity contribution in [2.45, 2.75) is 25.1 Å². The molecule has 2 aromatic rings. The largest absolute Gasteiger partial charge is 0.418 e. The van der Waals surface area contributed by atoms with Gasteiger partial charge in [0, 0.05) is 17.8 Å². The number of alkyl halides is 3. The summed E-state index contributed by atoms with van der Waals surface area (Å²) in [4.78, 5) is 4.00. The fraction of sp³-hybridized carbons (Fsp3) is 0.312. The van der Waals surface area contributed by atoms with E-state index >= 15 is 0 Å². The number of pyridine rings is 1. The van der Waals surface area contributed by atoms with Crippen LogP contribution in [-0.4, -0.2) is 11.5 Å². The molecule has 1 N–H and O–H groups in total. The zero-order valence-corrected chi connectivity index (χ0v) is 11.3. The van der Waals surface area contributed by atoms with Crippen molar-refractivity contribution in [2.75, 3.05) is 6.54 Å². The molecule has 110 valence electrons. The van der Waals surface area contributed by atoms with Gasteiger partial charge in [-0.05, 0) is 37.1 Å². The van der Waals surface area contributed by atoms with Crippen molar-refractivity contribution >= 4 is 0 Å². The predicted octanol–water partition coefficient (Wildman–Crippen LogP) is 4.19. The molecule has 3 rings (SSSR count). The van der Waals surface area contributed by atoms with E-state index in [-0.39, 0.29) is 11.7 Å². The molecule has 1 aromatic carbocycles. The Morgan fingerprint density at radius 2 is 1.90 bits per heavy atom. The maximum atomic E-state index is 13.2. The lowest BCUT2D eigenvalue weighted by atomic mass is 9.94. The summed E-state index contributed by atoms with van der Waals surface area (Å²) in [6.07, 6.45) is -1.03. The van der Waals surface area contributed by atoms with Crippen LogP contribution in [-0.2, 0) is 6.18 Å². The number of benzene rings is 1. The summed E-state index contributed by atoms with van der Waals surface area (Å²) in [5.41, 5.74) is 0.772. The van der Waals surface area contributed by atoms with Crippen LogP contribution in [0.4, 0.5) is 13.2 Å². The topological polar surface area (TPSA) is 24.9 Å². The van der Waals surface area contributed by atoms with E-state index in [0.717, 1.165) is 31.0 Å². The molecule has 2 nitrogen and oxygen atoms in total. The molecular weight excluding hydrogens is 277 g/mol. The number of hydrogen-bond donors (Lipinski definition) is 1. The fourth-order valence-electron chi connectivity index (χ4n) is 2.82. The van der Waals surface area contributed by atoms with Gasteiger partial charge in [-0.1, -0.05) is 24.3 Å². The summed E-state index contributed by atoms with van der Waals surface area (Å²) in [5, 5.41) is 3.33. The van der Waals surface area contributed by atoms with Crippen molar-refractivity contribution in [3.05, 3.63) is 53.7 Å². The molecule has 5 heteroatoms. The normalized spacial score (nSPS) is 18.9. The number of hydrogen-bond acceptors (Lipinski definition) is 2. The van der Waals surface area contributed by atoms with Gasteiger partial charge < -0.3 is 5.32 Å². The second kappa shape index (κ2) is 5.48. The Bertz CT molecular complexity index is 631. The van der Waals surface area contributed by atoms with Crippen molar-refractivity contribution in [1.29, 1.82) is 0 Å². The average molecular weight is 292 g/mol. The fourth-order valence-corrected chi connectivity index (χ4v) is 2.82. The van der Waals surface area contributed by atoms with Gasteiger partial charge in [0.25, 0.3) is 0 Å². The van der Waals surface area contributed by atoms with Gasteiger partial charge in [0.1, 0.15) is 0 Å². The van der Waals surface area contributed by atoms with E-state index < -0.39 is 11.7 Å². The Hall–Kier alpha value is -1.88. The lowest BCUT2D eigenvalue weighted by Crippen LogP contribution is -2.15. The van der Waals surface area contributed by atoms with E-state index in [0.29, 0.717) is 5.56 Å². The van der Waals surface area contributed by atoms with Gasteiger partial charge in [0.05, 0.1) is 11.3 Å². The van der Waals surface area contributed by atoms with Crippen LogP contribution in [0.5, 0.6) is 0 Å². The number of rotatable bonds is 2. The van der Waals surface area contributed by atoms with Crippen LogP contribution in [0.15, 0.2) is 42.6 Å². The van der Waals surface area contributed by atoms with E-state index in [9.17, 15) is 13.2 Å². The molecule has 21 heavy (non-hydrogen) atoms. The van der Waals surface area contributed by atoms with Gasteiger partial charge in [-0.15, -0.1) is 0 Å². The zero-order valence-electron chi connectivity index (χ0n) is 11.3. The van der Waals surface area contributed by atoms with Gasteiger partial charge in [-0.3, -0.25) is 4.98 Å². The molecule has 0 amide bonds. The molecule has 0 bridgehead atoms.